The van der Waals surface area contributed by atoms with Crippen molar-refractivity contribution >= 4 is 22.5 Å². The van der Waals surface area contributed by atoms with E-state index in [4.69, 9.17) is 14.6 Å². The first-order valence-electron chi connectivity index (χ1n) is 13.0. The molecular formula is C27H32F3N5O3. The summed E-state index contributed by atoms with van der Waals surface area (Å²) >= 11 is 0. The highest BCUT2D eigenvalue weighted by atomic mass is 19.4. The third kappa shape index (κ3) is 6.10. The maximum absolute atomic E-state index is 13.0. The Labute approximate surface area is 219 Å². The van der Waals surface area contributed by atoms with Crippen LogP contribution in [0.25, 0.3) is 10.9 Å². The molecule has 1 saturated carbocycles. The van der Waals surface area contributed by atoms with E-state index < -0.39 is 17.8 Å². The van der Waals surface area contributed by atoms with Crippen LogP contribution in [0.4, 0.5) is 18.9 Å². The quantitative estimate of drug-likeness (QED) is 0.453. The van der Waals surface area contributed by atoms with Gasteiger partial charge in [0.2, 0.25) is 0 Å². The van der Waals surface area contributed by atoms with Crippen LogP contribution >= 0.6 is 0 Å². The predicted octanol–water partition coefficient (Wildman–Crippen LogP) is 5.16. The van der Waals surface area contributed by atoms with Crippen molar-refractivity contribution in [1.82, 2.24) is 19.7 Å². The SMILES string of the molecule is COc1cc2nn(C3CCC(CCN4CCOCC4)CC3)cc2cc1NC(=O)c1cccc(C(F)(F)F)n1. The lowest BCUT2D eigenvalue weighted by atomic mass is 9.84. The van der Waals surface area contributed by atoms with Crippen LogP contribution in [0, 0.1) is 5.92 Å². The number of nitrogens with one attached hydrogen (secondary N) is 1. The van der Waals surface area contributed by atoms with Crippen LogP contribution in [0.2, 0.25) is 0 Å². The number of morpholine rings is 1. The summed E-state index contributed by atoms with van der Waals surface area (Å²) in [6.45, 7) is 4.85. The summed E-state index contributed by atoms with van der Waals surface area (Å²) in [7, 11) is 1.47. The number of ether oxygens (including phenoxy) is 2. The third-order valence-corrected chi connectivity index (χ3v) is 7.51. The van der Waals surface area contributed by atoms with Gasteiger partial charge in [0.25, 0.3) is 5.91 Å². The van der Waals surface area contributed by atoms with Crippen molar-refractivity contribution in [2.45, 2.75) is 44.3 Å². The molecule has 0 unspecified atom stereocenters. The lowest BCUT2D eigenvalue weighted by Crippen LogP contribution is -2.37. The number of amides is 1. The highest BCUT2D eigenvalue weighted by Crippen LogP contribution is 2.36. The molecule has 0 bridgehead atoms. The molecule has 0 radical (unpaired) electrons. The number of anilines is 1. The predicted molar refractivity (Wildman–Crippen MR) is 136 cm³/mol. The first kappa shape index (κ1) is 26.4. The van der Waals surface area contributed by atoms with Crippen LogP contribution in [-0.4, -0.2) is 65.5 Å². The van der Waals surface area contributed by atoms with E-state index >= 15 is 0 Å². The average Bonchev–Trinajstić information content (AvgIpc) is 3.35. The Kier molecular flexibility index (Phi) is 7.85. The molecule has 1 amide bonds. The highest BCUT2D eigenvalue weighted by Gasteiger charge is 2.33. The van der Waals surface area contributed by atoms with Crippen LogP contribution < -0.4 is 10.1 Å². The third-order valence-electron chi connectivity index (χ3n) is 7.51. The van der Waals surface area contributed by atoms with Crippen LogP contribution in [0.5, 0.6) is 5.75 Å². The Balaban J connectivity index is 1.24. The molecule has 2 aromatic heterocycles. The molecule has 1 saturated heterocycles. The van der Waals surface area contributed by atoms with Crippen LogP contribution in [-0.2, 0) is 10.9 Å². The first-order valence-corrected chi connectivity index (χ1v) is 13.0. The highest BCUT2D eigenvalue weighted by molar-refractivity contribution is 6.05. The summed E-state index contributed by atoms with van der Waals surface area (Å²) in [6, 6.07) is 7.00. The van der Waals surface area contributed by atoms with Gasteiger partial charge in [0, 0.05) is 30.7 Å². The molecule has 1 aromatic carbocycles. The monoisotopic (exact) mass is 531 g/mol. The van der Waals surface area contributed by atoms with E-state index in [1.807, 2.05) is 10.9 Å². The molecule has 0 spiro atoms. The van der Waals surface area contributed by atoms with E-state index in [-0.39, 0.29) is 5.69 Å². The van der Waals surface area contributed by atoms with Gasteiger partial charge in [0.05, 0.1) is 37.6 Å². The molecule has 1 aliphatic carbocycles. The number of hydrogen-bond acceptors (Lipinski definition) is 6. The van der Waals surface area contributed by atoms with Gasteiger partial charge in [0.1, 0.15) is 17.1 Å². The van der Waals surface area contributed by atoms with Crippen molar-refractivity contribution in [1.29, 1.82) is 0 Å². The summed E-state index contributed by atoms with van der Waals surface area (Å²) < 4.78 is 51.9. The Bertz CT molecular complexity index is 1260. The van der Waals surface area contributed by atoms with Crippen LogP contribution in [0.3, 0.4) is 0 Å². The molecule has 3 heterocycles. The number of nitrogens with zero attached hydrogens (tertiary/aromatic N) is 4. The standard InChI is InChI=1S/C27H32F3N5O3/c1-37-24-16-22-19(15-23(24)32-26(36)21-3-2-4-25(31-21)27(28,29)30)17-35(33-22)20-7-5-18(6-8-20)9-10-34-11-13-38-14-12-34/h2-4,15-18,20H,5-14H2,1H3,(H,32,36). The number of halogens is 3. The number of alkyl halides is 3. The molecule has 1 N–H and O–H groups in total. The molecule has 0 atom stereocenters. The summed E-state index contributed by atoms with van der Waals surface area (Å²) in [6.07, 6.45) is 3.00. The van der Waals surface area contributed by atoms with Gasteiger partial charge >= 0.3 is 6.18 Å². The minimum absolute atomic E-state index is 0.306. The van der Waals surface area contributed by atoms with Gasteiger partial charge in [-0.1, -0.05) is 6.07 Å². The van der Waals surface area contributed by atoms with Crippen molar-refractivity contribution in [3.63, 3.8) is 0 Å². The van der Waals surface area contributed by atoms with Crippen LogP contribution in [0.1, 0.15) is 54.3 Å². The Morgan fingerprint density at radius 3 is 2.63 bits per heavy atom. The normalized spacial score (nSPS) is 20.9. The van der Waals surface area contributed by atoms with E-state index in [1.54, 1.807) is 12.1 Å². The second-order valence-electron chi connectivity index (χ2n) is 10.00. The second-order valence-corrected chi connectivity index (χ2v) is 10.00. The number of pyridine rings is 1. The fourth-order valence-corrected chi connectivity index (χ4v) is 5.32. The summed E-state index contributed by atoms with van der Waals surface area (Å²) in [5.74, 6) is 0.344. The number of rotatable bonds is 7. The molecule has 5 rings (SSSR count). The van der Waals surface area contributed by atoms with Gasteiger partial charge in [-0.15, -0.1) is 0 Å². The van der Waals surface area contributed by atoms with Gasteiger partial charge in [-0.3, -0.25) is 14.4 Å². The average molecular weight is 532 g/mol. The Morgan fingerprint density at radius 1 is 1.16 bits per heavy atom. The largest absolute Gasteiger partial charge is 0.494 e. The zero-order valence-corrected chi connectivity index (χ0v) is 21.3. The Morgan fingerprint density at radius 2 is 1.92 bits per heavy atom. The molecule has 2 fully saturated rings. The molecule has 8 nitrogen and oxygen atoms in total. The van der Waals surface area contributed by atoms with E-state index in [0.717, 1.165) is 74.6 Å². The number of methoxy groups -OCH3 is 1. The second kappa shape index (κ2) is 11.3. The lowest BCUT2D eigenvalue weighted by Gasteiger charge is -2.32. The van der Waals surface area contributed by atoms with E-state index in [2.05, 4.69) is 15.2 Å². The number of benzene rings is 1. The van der Waals surface area contributed by atoms with Gasteiger partial charge in [-0.2, -0.15) is 18.3 Å². The van der Waals surface area contributed by atoms with Gasteiger partial charge in [-0.05, 0) is 62.8 Å². The van der Waals surface area contributed by atoms with E-state index in [1.165, 1.54) is 32.4 Å². The van der Waals surface area contributed by atoms with Crippen molar-refractivity contribution in [2.24, 2.45) is 5.92 Å². The van der Waals surface area contributed by atoms with E-state index in [0.29, 0.717) is 17.5 Å². The smallest absolute Gasteiger partial charge is 0.433 e. The maximum Gasteiger partial charge on any atom is 0.433 e. The fourth-order valence-electron chi connectivity index (χ4n) is 5.32. The molecule has 11 heteroatoms. The number of aromatic nitrogens is 3. The summed E-state index contributed by atoms with van der Waals surface area (Å²) in [5, 5.41) is 8.23. The van der Waals surface area contributed by atoms with Crippen molar-refractivity contribution in [3.8, 4) is 5.75 Å². The molecule has 1 aliphatic heterocycles. The molecular weight excluding hydrogens is 499 g/mol. The van der Waals surface area contributed by atoms with Gasteiger partial charge in [0.15, 0.2) is 0 Å². The zero-order valence-electron chi connectivity index (χ0n) is 21.3. The van der Waals surface area contributed by atoms with Gasteiger partial charge in [-0.25, -0.2) is 4.98 Å². The summed E-state index contributed by atoms with van der Waals surface area (Å²) in [5.41, 5.74) is -0.380. The van der Waals surface area contributed by atoms with E-state index in [9.17, 15) is 18.0 Å². The first-order chi connectivity index (χ1) is 18.3. The number of hydrogen-bond donors (Lipinski definition) is 1. The topological polar surface area (TPSA) is 81.5 Å². The maximum atomic E-state index is 13.0. The minimum atomic E-state index is -4.64. The van der Waals surface area contributed by atoms with Crippen LogP contribution in [0.15, 0.2) is 36.5 Å². The number of fused-ring (bicyclic) bond motifs is 1. The molecule has 2 aliphatic rings. The number of carbonyl (C=O) groups is 1. The Hall–Kier alpha value is -3.18. The zero-order chi connectivity index (χ0) is 26.7. The fraction of sp³-hybridized carbons (Fsp3) is 0.519. The lowest BCUT2D eigenvalue weighted by molar-refractivity contribution is -0.141. The number of carbonyl (C=O) groups excluding carboxylic acids is 1. The molecule has 204 valence electrons. The summed E-state index contributed by atoms with van der Waals surface area (Å²) in [4.78, 5) is 18.7. The van der Waals surface area contributed by atoms with Gasteiger partial charge < -0.3 is 14.8 Å². The molecule has 38 heavy (non-hydrogen) atoms. The van der Waals surface area contributed by atoms with Crippen molar-refractivity contribution in [3.05, 3.63) is 47.9 Å². The molecule has 3 aromatic rings. The van der Waals surface area contributed by atoms with Crippen molar-refractivity contribution < 1.29 is 27.4 Å². The minimum Gasteiger partial charge on any atom is -0.494 e. The van der Waals surface area contributed by atoms with Crippen molar-refractivity contribution in [2.75, 3.05) is 45.3 Å².